The number of alkyl halides is 3. The van der Waals surface area contributed by atoms with Crippen molar-refractivity contribution in [2.24, 2.45) is 0 Å². The van der Waals surface area contributed by atoms with Gasteiger partial charge in [0.05, 0.1) is 12.1 Å². The monoisotopic (exact) mass is 460 g/mol. The number of ketones is 1. The Morgan fingerprint density at radius 3 is 2.56 bits per heavy atom. The molecule has 1 unspecified atom stereocenters. The number of thiazole rings is 1. The Hall–Kier alpha value is -3.40. The number of pyridine rings is 2. The second kappa shape index (κ2) is 9.82. The van der Waals surface area contributed by atoms with E-state index in [2.05, 4.69) is 26.8 Å². The van der Waals surface area contributed by atoms with Gasteiger partial charge in [0.25, 0.3) is 0 Å². The Bertz CT molecular complexity index is 1130. The van der Waals surface area contributed by atoms with Gasteiger partial charge in [0.15, 0.2) is 10.9 Å². The molecule has 0 saturated carbocycles. The zero-order chi connectivity index (χ0) is 23.3. The van der Waals surface area contributed by atoms with Gasteiger partial charge >= 0.3 is 6.18 Å². The number of nitrogens with zero attached hydrogens (tertiary/aromatic N) is 3. The summed E-state index contributed by atoms with van der Waals surface area (Å²) in [6.45, 7) is 5.07. The minimum absolute atomic E-state index is 0.0487. The molecule has 3 aromatic rings. The molecular weight excluding hydrogens is 441 g/mol. The number of hydrogen-bond donors (Lipinski definition) is 1. The van der Waals surface area contributed by atoms with Crippen molar-refractivity contribution in [1.29, 1.82) is 0 Å². The van der Waals surface area contributed by atoms with Gasteiger partial charge in [0, 0.05) is 41.8 Å². The Morgan fingerprint density at radius 2 is 1.94 bits per heavy atom. The first-order chi connectivity index (χ1) is 15.2. The second-order valence-electron chi connectivity index (χ2n) is 6.95. The van der Waals surface area contributed by atoms with Crippen LogP contribution in [0, 0.1) is 0 Å². The highest BCUT2D eigenvalue weighted by Crippen LogP contribution is 2.35. The lowest BCUT2D eigenvalue weighted by atomic mass is 9.99. The predicted octanol–water partition coefficient (Wildman–Crippen LogP) is 5.05. The highest BCUT2D eigenvalue weighted by molar-refractivity contribution is 7.15. The zero-order valence-corrected chi connectivity index (χ0v) is 17.8. The van der Waals surface area contributed by atoms with Crippen LogP contribution in [0.1, 0.15) is 35.4 Å². The molecule has 3 aromatic heterocycles. The molecule has 1 N–H and O–H groups in total. The molecule has 0 saturated heterocycles. The van der Waals surface area contributed by atoms with Crippen LogP contribution in [0.5, 0.6) is 0 Å². The summed E-state index contributed by atoms with van der Waals surface area (Å²) in [6.07, 6.45) is 3.13. The first-order valence-corrected chi connectivity index (χ1v) is 10.4. The normalized spacial score (nSPS) is 12.2. The van der Waals surface area contributed by atoms with E-state index in [9.17, 15) is 22.8 Å². The van der Waals surface area contributed by atoms with Crippen molar-refractivity contribution in [3.63, 3.8) is 0 Å². The number of aryl methyl sites for hydroxylation is 1. The summed E-state index contributed by atoms with van der Waals surface area (Å²) in [5, 5.41) is 2.30. The Kier molecular flexibility index (Phi) is 7.14. The lowest BCUT2D eigenvalue weighted by Gasteiger charge is -2.12. The van der Waals surface area contributed by atoms with Gasteiger partial charge in [0.1, 0.15) is 4.88 Å². The van der Waals surface area contributed by atoms with Crippen LogP contribution in [-0.4, -0.2) is 26.6 Å². The standard InChI is InChI=1S/C22H19F3N4O2S/c1-3-18(30)7-6-17-5-4-14(11-27-17)16-8-15(9-26-10-16)13(2)20(31)29-21-28-12-19(32-21)22(23,24)25/h3-5,8-13H,1,6-7H2,2H3,(H,28,29,31). The third kappa shape index (κ3) is 5.85. The second-order valence-corrected chi connectivity index (χ2v) is 7.98. The summed E-state index contributed by atoms with van der Waals surface area (Å²) in [6, 6.07) is 5.44. The maximum atomic E-state index is 12.7. The Morgan fingerprint density at radius 1 is 1.16 bits per heavy atom. The van der Waals surface area contributed by atoms with Crippen molar-refractivity contribution in [3.05, 3.63) is 71.8 Å². The van der Waals surface area contributed by atoms with E-state index in [1.807, 2.05) is 12.1 Å². The highest BCUT2D eigenvalue weighted by atomic mass is 32.1. The van der Waals surface area contributed by atoms with Crippen molar-refractivity contribution in [2.45, 2.75) is 31.9 Å². The molecule has 0 aliphatic rings. The number of carbonyl (C=O) groups is 2. The number of aromatic nitrogens is 3. The van der Waals surface area contributed by atoms with Gasteiger partial charge in [0.2, 0.25) is 5.91 Å². The SMILES string of the molecule is C=CC(=O)CCc1ccc(-c2cncc(C(C)C(=O)Nc3ncc(C(F)(F)F)s3)c2)cn1. The number of halogens is 3. The van der Waals surface area contributed by atoms with Crippen LogP contribution in [0.25, 0.3) is 11.1 Å². The quantitative estimate of drug-likeness (QED) is 0.476. The van der Waals surface area contributed by atoms with Gasteiger partial charge in [-0.1, -0.05) is 24.0 Å². The van der Waals surface area contributed by atoms with Crippen LogP contribution in [0.15, 0.2) is 55.6 Å². The molecule has 0 aliphatic heterocycles. The van der Waals surface area contributed by atoms with Crippen molar-refractivity contribution < 1.29 is 22.8 Å². The fourth-order valence-corrected chi connectivity index (χ4v) is 3.46. The first-order valence-electron chi connectivity index (χ1n) is 9.56. The number of allylic oxidation sites excluding steroid dienone is 1. The number of carbonyl (C=O) groups excluding carboxylic acids is 2. The summed E-state index contributed by atoms with van der Waals surface area (Å²) in [4.78, 5) is 35.1. The minimum Gasteiger partial charge on any atom is -0.301 e. The van der Waals surface area contributed by atoms with Gasteiger partial charge in [-0.3, -0.25) is 19.6 Å². The molecule has 0 spiro atoms. The average molecular weight is 460 g/mol. The van der Waals surface area contributed by atoms with Gasteiger partial charge in [-0.2, -0.15) is 13.2 Å². The molecule has 0 radical (unpaired) electrons. The molecule has 3 heterocycles. The number of anilines is 1. The maximum Gasteiger partial charge on any atom is 0.427 e. The molecule has 0 bridgehead atoms. The number of hydrogen-bond acceptors (Lipinski definition) is 6. The van der Waals surface area contributed by atoms with E-state index in [0.717, 1.165) is 16.8 Å². The number of nitrogens with one attached hydrogen (secondary N) is 1. The summed E-state index contributed by atoms with van der Waals surface area (Å²) in [5.74, 6) is -1.21. The zero-order valence-electron chi connectivity index (χ0n) is 17.0. The molecule has 6 nitrogen and oxygen atoms in total. The number of amides is 1. The van der Waals surface area contributed by atoms with Crippen LogP contribution >= 0.6 is 11.3 Å². The summed E-state index contributed by atoms with van der Waals surface area (Å²) in [5.41, 5.74) is 2.87. The van der Waals surface area contributed by atoms with E-state index in [0.29, 0.717) is 35.9 Å². The first kappa shape index (κ1) is 23.3. The van der Waals surface area contributed by atoms with E-state index in [1.54, 1.807) is 25.4 Å². The van der Waals surface area contributed by atoms with E-state index in [-0.39, 0.29) is 10.9 Å². The topological polar surface area (TPSA) is 84.8 Å². The molecule has 32 heavy (non-hydrogen) atoms. The largest absolute Gasteiger partial charge is 0.427 e. The lowest BCUT2D eigenvalue weighted by molar-refractivity contribution is -0.134. The van der Waals surface area contributed by atoms with E-state index in [4.69, 9.17) is 0 Å². The van der Waals surface area contributed by atoms with Gasteiger partial charge in [-0.25, -0.2) is 4.98 Å². The molecule has 166 valence electrons. The van der Waals surface area contributed by atoms with Crippen molar-refractivity contribution in [3.8, 4) is 11.1 Å². The fourth-order valence-electron chi connectivity index (χ4n) is 2.78. The molecule has 3 rings (SSSR count). The molecule has 0 aliphatic carbocycles. The summed E-state index contributed by atoms with van der Waals surface area (Å²) >= 11 is 0.371. The van der Waals surface area contributed by atoms with Crippen molar-refractivity contribution in [2.75, 3.05) is 5.32 Å². The highest BCUT2D eigenvalue weighted by Gasteiger charge is 2.33. The summed E-state index contributed by atoms with van der Waals surface area (Å²) < 4.78 is 38.1. The fraction of sp³-hybridized carbons (Fsp3) is 0.227. The third-order valence-electron chi connectivity index (χ3n) is 4.68. The van der Waals surface area contributed by atoms with Crippen LogP contribution in [-0.2, 0) is 22.2 Å². The Labute approximate surface area is 186 Å². The molecule has 1 atom stereocenters. The van der Waals surface area contributed by atoms with Gasteiger partial charge in [-0.05, 0) is 37.1 Å². The average Bonchev–Trinajstić information content (AvgIpc) is 3.26. The lowest BCUT2D eigenvalue weighted by Crippen LogP contribution is -2.18. The van der Waals surface area contributed by atoms with Crippen LogP contribution in [0.4, 0.5) is 18.3 Å². The molecule has 0 aromatic carbocycles. The van der Waals surface area contributed by atoms with Crippen LogP contribution in [0.3, 0.4) is 0 Å². The molecule has 0 fully saturated rings. The molecule has 1 amide bonds. The smallest absolute Gasteiger partial charge is 0.301 e. The Balaban J connectivity index is 1.69. The van der Waals surface area contributed by atoms with E-state index < -0.39 is 22.9 Å². The minimum atomic E-state index is -4.50. The van der Waals surface area contributed by atoms with Crippen LogP contribution in [0.2, 0.25) is 0 Å². The van der Waals surface area contributed by atoms with E-state index in [1.165, 1.54) is 12.3 Å². The van der Waals surface area contributed by atoms with Gasteiger partial charge in [-0.15, -0.1) is 0 Å². The third-order valence-corrected chi connectivity index (χ3v) is 5.64. The van der Waals surface area contributed by atoms with Gasteiger partial charge < -0.3 is 5.32 Å². The summed E-state index contributed by atoms with van der Waals surface area (Å²) in [7, 11) is 0. The van der Waals surface area contributed by atoms with Crippen molar-refractivity contribution >= 4 is 28.2 Å². The maximum absolute atomic E-state index is 12.7. The predicted molar refractivity (Wildman–Crippen MR) is 115 cm³/mol. The van der Waals surface area contributed by atoms with Crippen LogP contribution < -0.4 is 5.32 Å². The molecule has 10 heteroatoms. The molecular formula is C22H19F3N4O2S. The van der Waals surface area contributed by atoms with Crippen molar-refractivity contribution in [1.82, 2.24) is 15.0 Å². The van der Waals surface area contributed by atoms with E-state index >= 15 is 0 Å². The number of rotatable bonds is 8.